The number of ketones is 2. The number of carbonyl (C=O) groups is 2. The van der Waals surface area contributed by atoms with Crippen LogP contribution in [0.3, 0.4) is 0 Å². The molecular weight excluding hydrogens is 198 g/mol. The van der Waals surface area contributed by atoms with Crippen molar-refractivity contribution in [2.75, 3.05) is 5.73 Å². The van der Waals surface area contributed by atoms with Crippen LogP contribution in [-0.4, -0.2) is 21.8 Å². The molecule has 0 bridgehead atoms. The quantitative estimate of drug-likeness (QED) is 0.328. The first-order chi connectivity index (χ1) is 7.02. The van der Waals surface area contributed by atoms with E-state index in [0.29, 0.717) is 0 Å². The fraction of sp³-hybridized carbons (Fsp3) is 0. The number of anilines is 1. The lowest BCUT2D eigenvalue weighted by Gasteiger charge is -2.15. The van der Waals surface area contributed by atoms with Crippen molar-refractivity contribution in [1.29, 1.82) is 0 Å². The molecule has 5 nitrogen and oxygen atoms in total. The first kappa shape index (κ1) is 9.26. The monoisotopic (exact) mass is 205 g/mol. The third-order valence-electron chi connectivity index (χ3n) is 2.19. The first-order valence-electron chi connectivity index (χ1n) is 4.13. The number of Topliss-reactive ketones (excluding diaryl/α,β-unsaturated/α-hetero) is 1. The van der Waals surface area contributed by atoms with Crippen LogP contribution in [0.5, 0.6) is 5.75 Å². The van der Waals surface area contributed by atoms with Crippen molar-refractivity contribution >= 4 is 23.0 Å². The summed E-state index contributed by atoms with van der Waals surface area (Å²) in [6.45, 7) is 0. The van der Waals surface area contributed by atoms with Crippen LogP contribution in [0.2, 0.25) is 0 Å². The summed E-state index contributed by atoms with van der Waals surface area (Å²) in [5.74, 6) is -2.51. The largest absolute Gasteiger partial charge is 0.507 e. The fourth-order valence-corrected chi connectivity index (χ4v) is 1.50. The molecule has 0 aromatic heterocycles. The zero-order chi connectivity index (χ0) is 11.2. The van der Waals surface area contributed by atoms with Gasteiger partial charge in [-0.05, 0) is 12.1 Å². The van der Waals surface area contributed by atoms with E-state index >= 15 is 0 Å². The molecule has 0 radical (unpaired) electrons. The number of benzene rings is 1. The van der Waals surface area contributed by atoms with Crippen LogP contribution in [0.4, 0.5) is 5.69 Å². The van der Waals surface area contributed by atoms with E-state index in [9.17, 15) is 19.8 Å². The van der Waals surface area contributed by atoms with Crippen LogP contribution < -0.4 is 5.73 Å². The zero-order valence-electron chi connectivity index (χ0n) is 7.52. The highest BCUT2D eigenvalue weighted by molar-refractivity contribution is 6.51. The molecule has 15 heavy (non-hydrogen) atoms. The van der Waals surface area contributed by atoms with Crippen molar-refractivity contribution in [3.63, 3.8) is 0 Å². The fourth-order valence-electron chi connectivity index (χ4n) is 1.50. The number of carbonyl (C=O) groups excluding carboxylic acids is 2. The van der Waals surface area contributed by atoms with Crippen LogP contribution in [0.1, 0.15) is 15.9 Å². The van der Waals surface area contributed by atoms with Gasteiger partial charge in [-0.3, -0.25) is 9.59 Å². The van der Waals surface area contributed by atoms with Gasteiger partial charge in [0, 0.05) is 11.8 Å². The van der Waals surface area contributed by atoms with Crippen molar-refractivity contribution in [1.82, 2.24) is 0 Å². The second-order valence-corrected chi connectivity index (χ2v) is 3.15. The highest BCUT2D eigenvalue weighted by atomic mass is 16.3. The summed E-state index contributed by atoms with van der Waals surface area (Å²) < 4.78 is 0. The summed E-state index contributed by atoms with van der Waals surface area (Å²) in [4.78, 5) is 22.5. The van der Waals surface area contributed by atoms with E-state index in [-0.39, 0.29) is 22.6 Å². The molecule has 0 spiro atoms. The van der Waals surface area contributed by atoms with Crippen LogP contribution in [0.25, 0.3) is 5.76 Å². The molecule has 0 unspecified atom stereocenters. The minimum Gasteiger partial charge on any atom is -0.507 e. The number of allylic oxidation sites excluding steroid dienone is 1. The third kappa shape index (κ3) is 1.17. The number of phenolic OH excluding ortho intramolecular Hbond substituents is 1. The lowest BCUT2D eigenvalue weighted by Crippen LogP contribution is -2.19. The molecule has 1 aromatic rings. The zero-order valence-corrected chi connectivity index (χ0v) is 7.52. The van der Waals surface area contributed by atoms with Crippen LogP contribution in [0.15, 0.2) is 18.2 Å². The Morgan fingerprint density at radius 1 is 1.07 bits per heavy atom. The minimum atomic E-state index is -0.874. The van der Waals surface area contributed by atoms with E-state index in [1.165, 1.54) is 12.1 Å². The maximum absolute atomic E-state index is 11.4. The number of hydrogen-bond donors (Lipinski definition) is 3. The average molecular weight is 205 g/mol. The Hall–Kier alpha value is -2.30. The van der Waals surface area contributed by atoms with Gasteiger partial charge in [0.05, 0.1) is 11.1 Å². The molecule has 2 rings (SSSR count). The van der Waals surface area contributed by atoms with Gasteiger partial charge in [0.15, 0.2) is 0 Å². The Bertz CT molecular complexity index is 516. The summed E-state index contributed by atoms with van der Waals surface area (Å²) in [6, 6.07) is 2.55. The normalized spacial score (nSPS) is 14.8. The Kier molecular flexibility index (Phi) is 1.76. The summed E-state index contributed by atoms with van der Waals surface area (Å²) in [6.07, 6.45) is 0.792. The Morgan fingerprint density at radius 2 is 1.73 bits per heavy atom. The van der Waals surface area contributed by atoms with Crippen molar-refractivity contribution < 1.29 is 19.8 Å². The van der Waals surface area contributed by atoms with Gasteiger partial charge in [-0.15, -0.1) is 0 Å². The summed E-state index contributed by atoms with van der Waals surface area (Å²) in [5.41, 5.74) is 5.45. The highest BCUT2D eigenvalue weighted by Gasteiger charge is 2.30. The SMILES string of the molecule is Nc1ccc(O)c2c1C(O)=CC(=O)C2=O. The maximum atomic E-state index is 11.4. The Balaban J connectivity index is 2.85. The molecule has 1 aliphatic carbocycles. The predicted octanol–water partition coefficient (Wildman–Crippen LogP) is 0.639. The first-order valence-corrected chi connectivity index (χ1v) is 4.13. The molecule has 5 heteroatoms. The van der Waals surface area contributed by atoms with Crippen LogP contribution in [0, 0.1) is 0 Å². The van der Waals surface area contributed by atoms with E-state index in [0.717, 1.165) is 6.08 Å². The number of aromatic hydroxyl groups is 1. The molecule has 0 amide bonds. The van der Waals surface area contributed by atoms with Gasteiger partial charge < -0.3 is 15.9 Å². The summed E-state index contributed by atoms with van der Waals surface area (Å²) in [7, 11) is 0. The van der Waals surface area contributed by atoms with Gasteiger partial charge in [0.1, 0.15) is 11.5 Å². The predicted molar refractivity (Wildman–Crippen MR) is 52.5 cm³/mol. The van der Waals surface area contributed by atoms with Crippen LogP contribution in [-0.2, 0) is 4.79 Å². The summed E-state index contributed by atoms with van der Waals surface area (Å²) >= 11 is 0. The highest BCUT2D eigenvalue weighted by Crippen LogP contribution is 2.34. The van der Waals surface area contributed by atoms with Crippen molar-refractivity contribution in [2.24, 2.45) is 0 Å². The van der Waals surface area contributed by atoms with Crippen molar-refractivity contribution in [3.05, 3.63) is 29.3 Å². The number of nitrogen functional groups attached to an aromatic ring is 1. The average Bonchev–Trinajstić information content (AvgIpc) is 2.18. The van der Waals surface area contributed by atoms with Crippen molar-refractivity contribution in [3.8, 4) is 5.75 Å². The van der Waals surface area contributed by atoms with Crippen LogP contribution >= 0.6 is 0 Å². The van der Waals surface area contributed by atoms with Gasteiger partial charge in [-0.2, -0.15) is 0 Å². The second-order valence-electron chi connectivity index (χ2n) is 3.15. The molecule has 0 heterocycles. The number of rotatable bonds is 0. The van der Waals surface area contributed by atoms with Gasteiger partial charge in [0.2, 0.25) is 11.6 Å². The topological polar surface area (TPSA) is 101 Å². The number of aliphatic hydroxyl groups excluding tert-OH is 1. The number of fused-ring (bicyclic) bond motifs is 1. The van der Waals surface area contributed by atoms with Gasteiger partial charge in [-0.1, -0.05) is 0 Å². The molecule has 1 aliphatic rings. The second kappa shape index (κ2) is 2.84. The smallest absolute Gasteiger partial charge is 0.237 e. The maximum Gasteiger partial charge on any atom is 0.237 e. The molecular formula is C10H7NO4. The van der Waals surface area contributed by atoms with Crippen molar-refractivity contribution in [2.45, 2.75) is 0 Å². The van der Waals surface area contributed by atoms with E-state index in [1.54, 1.807) is 0 Å². The minimum absolute atomic E-state index is 0.0135. The number of aliphatic hydroxyl groups is 1. The molecule has 0 saturated heterocycles. The van der Waals surface area contributed by atoms with E-state index in [1.807, 2.05) is 0 Å². The number of phenols is 1. The lowest BCUT2D eigenvalue weighted by molar-refractivity contribution is -0.111. The number of hydrogen-bond acceptors (Lipinski definition) is 5. The molecule has 0 saturated carbocycles. The summed E-state index contributed by atoms with van der Waals surface area (Å²) in [5, 5.41) is 18.9. The van der Waals surface area contributed by atoms with Gasteiger partial charge in [0.25, 0.3) is 0 Å². The van der Waals surface area contributed by atoms with Gasteiger partial charge in [-0.25, -0.2) is 0 Å². The Labute approximate surface area is 84.4 Å². The van der Waals surface area contributed by atoms with E-state index in [2.05, 4.69) is 0 Å². The van der Waals surface area contributed by atoms with Gasteiger partial charge >= 0.3 is 0 Å². The molecule has 0 aliphatic heterocycles. The standard InChI is InChI=1S/C10H7NO4/c11-4-1-2-5(12)9-8(4)6(13)3-7(14)10(9)15/h1-3,12-13H,11H2. The molecule has 4 N–H and O–H groups in total. The molecule has 1 aromatic carbocycles. The lowest BCUT2D eigenvalue weighted by atomic mass is 9.92. The number of nitrogens with two attached hydrogens (primary N) is 1. The van der Waals surface area contributed by atoms with E-state index in [4.69, 9.17) is 5.73 Å². The molecule has 76 valence electrons. The molecule has 0 atom stereocenters. The van der Waals surface area contributed by atoms with E-state index < -0.39 is 17.3 Å². The molecule has 0 fully saturated rings. The third-order valence-corrected chi connectivity index (χ3v) is 2.19. The Morgan fingerprint density at radius 3 is 2.40 bits per heavy atom.